The summed E-state index contributed by atoms with van der Waals surface area (Å²) >= 11 is 0. The molecular weight excluding hydrogens is 278 g/mol. The van der Waals surface area contributed by atoms with Crippen molar-refractivity contribution in [2.24, 2.45) is 5.92 Å². The lowest BCUT2D eigenvalue weighted by molar-refractivity contribution is -0.134. The predicted molar refractivity (Wildman–Crippen MR) is 87.5 cm³/mol. The van der Waals surface area contributed by atoms with Gasteiger partial charge in [0.25, 0.3) is 0 Å². The molecule has 1 saturated heterocycles. The number of likely N-dealkylation sites (tertiary alicyclic amines) is 1. The Labute approximate surface area is 132 Å². The van der Waals surface area contributed by atoms with Gasteiger partial charge in [-0.1, -0.05) is 18.2 Å². The number of benzene rings is 1. The Bertz CT molecular complexity index is 528. The van der Waals surface area contributed by atoms with E-state index in [1.807, 2.05) is 49.1 Å². The molecule has 5 nitrogen and oxygen atoms in total. The van der Waals surface area contributed by atoms with E-state index in [0.29, 0.717) is 13.0 Å². The zero-order valence-electron chi connectivity index (χ0n) is 13.6. The van der Waals surface area contributed by atoms with E-state index in [2.05, 4.69) is 10.6 Å². The zero-order valence-corrected chi connectivity index (χ0v) is 13.6. The first-order valence-corrected chi connectivity index (χ1v) is 7.75. The lowest BCUT2D eigenvalue weighted by atomic mass is 10.0. The largest absolute Gasteiger partial charge is 0.372 e. The summed E-state index contributed by atoms with van der Waals surface area (Å²) in [5.41, 5.74) is 0.269. The monoisotopic (exact) mass is 303 g/mol. The van der Waals surface area contributed by atoms with Crippen molar-refractivity contribution in [1.82, 2.24) is 10.2 Å². The molecule has 1 aliphatic rings. The van der Waals surface area contributed by atoms with E-state index in [9.17, 15) is 9.59 Å². The fourth-order valence-corrected chi connectivity index (χ4v) is 2.88. The molecule has 2 N–H and O–H groups in total. The Kier molecular flexibility index (Phi) is 5.06. The van der Waals surface area contributed by atoms with Crippen molar-refractivity contribution in [2.45, 2.75) is 32.2 Å². The third kappa shape index (κ3) is 4.00. The summed E-state index contributed by atoms with van der Waals surface area (Å²) in [5, 5.41) is 5.94. The van der Waals surface area contributed by atoms with Crippen molar-refractivity contribution < 1.29 is 9.59 Å². The van der Waals surface area contributed by atoms with Crippen molar-refractivity contribution in [2.75, 3.05) is 25.5 Å². The molecule has 1 fully saturated rings. The Morgan fingerprint density at radius 3 is 2.59 bits per heavy atom. The fraction of sp³-hybridized carbons (Fsp3) is 0.529. The van der Waals surface area contributed by atoms with Crippen molar-refractivity contribution in [3.8, 4) is 0 Å². The number of nitrogens with one attached hydrogen (secondary N) is 2. The summed E-state index contributed by atoms with van der Waals surface area (Å²) in [6.07, 6.45) is 1.38. The van der Waals surface area contributed by atoms with Crippen LogP contribution in [0.1, 0.15) is 26.7 Å². The molecule has 1 heterocycles. The number of carbonyl (C=O) groups is 2. The highest BCUT2D eigenvalue weighted by atomic mass is 16.2. The summed E-state index contributed by atoms with van der Waals surface area (Å²) in [7, 11) is 1.65. The first-order valence-electron chi connectivity index (χ1n) is 7.75. The molecule has 0 bridgehead atoms. The lowest BCUT2D eigenvalue weighted by Gasteiger charge is -2.31. The van der Waals surface area contributed by atoms with Crippen LogP contribution in [0.5, 0.6) is 0 Å². The zero-order chi connectivity index (χ0) is 16.2. The Morgan fingerprint density at radius 1 is 1.27 bits per heavy atom. The highest BCUT2D eigenvalue weighted by molar-refractivity contribution is 5.89. The number of rotatable bonds is 5. The molecule has 1 aliphatic heterocycles. The topological polar surface area (TPSA) is 61.4 Å². The van der Waals surface area contributed by atoms with Gasteiger partial charge in [0.05, 0.1) is 0 Å². The highest BCUT2D eigenvalue weighted by Gasteiger charge is 2.36. The molecule has 5 heteroatoms. The van der Waals surface area contributed by atoms with Gasteiger partial charge in [0.15, 0.2) is 0 Å². The number of nitrogens with zero attached hydrogens (tertiary/aromatic N) is 1. The van der Waals surface area contributed by atoms with Crippen LogP contribution in [0.2, 0.25) is 0 Å². The maximum atomic E-state index is 12.7. The normalized spacial score (nSPS) is 18.1. The first-order chi connectivity index (χ1) is 10.4. The lowest BCUT2D eigenvalue weighted by Crippen LogP contribution is -2.49. The minimum atomic E-state index is -0.663. The quantitative estimate of drug-likeness (QED) is 0.873. The van der Waals surface area contributed by atoms with Gasteiger partial charge in [0, 0.05) is 32.2 Å². The molecule has 2 rings (SSSR count). The van der Waals surface area contributed by atoms with E-state index in [1.54, 1.807) is 7.05 Å². The number of hydrogen-bond acceptors (Lipinski definition) is 3. The number of carbonyl (C=O) groups excluding carboxylic acids is 2. The van der Waals surface area contributed by atoms with E-state index >= 15 is 0 Å². The van der Waals surface area contributed by atoms with Gasteiger partial charge in [0.1, 0.15) is 5.54 Å². The molecule has 0 radical (unpaired) electrons. The van der Waals surface area contributed by atoms with Crippen LogP contribution in [0.25, 0.3) is 0 Å². The maximum absolute atomic E-state index is 12.7. The van der Waals surface area contributed by atoms with Crippen LogP contribution in [-0.2, 0) is 9.59 Å². The molecule has 1 aromatic carbocycles. The fourth-order valence-electron chi connectivity index (χ4n) is 2.88. The highest BCUT2D eigenvalue weighted by Crippen LogP contribution is 2.24. The number of para-hydroxylation sites is 1. The molecule has 1 atom stereocenters. The first kappa shape index (κ1) is 16.3. The number of amides is 2. The second-order valence-corrected chi connectivity index (χ2v) is 6.40. The van der Waals surface area contributed by atoms with Crippen molar-refractivity contribution in [3.05, 3.63) is 30.3 Å². The van der Waals surface area contributed by atoms with Gasteiger partial charge in [-0.25, -0.2) is 0 Å². The second kappa shape index (κ2) is 6.81. The van der Waals surface area contributed by atoms with E-state index in [-0.39, 0.29) is 17.7 Å². The summed E-state index contributed by atoms with van der Waals surface area (Å²) in [5.74, 6) is 0.383. The van der Waals surface area contributed by atoms with Gasteiger partial charge < -0.3 is 15.5 Å². The standard InChI is InChI=1S/C17H25N3O2/c1-17(2,19-14-7-5-4-6-8-14)16(22)20-10-9-13(12-20)11-15(21)18-3/h4-8,13,19H,9-12H2,1-3H3,(H,18,21)/t13-/m1/s1. The van der Waals surface area contributed by atoms with Gasteiger partial charge in [-0.15, -0.1) is 0 Å². The Balaban J connectivity index is 1.94. The number of anilines is 1. The second-order valence-electron chi connectivity index (χ2n) is 6.40. The predicted octanol–water partition coefficient (Wildman–Crippen LogP) is 1.86. The van der Waals surface area contributed by atoms with Crippen LogP contribution < -0.4 is 10.6 Å². The van der Waals surface area contributed by atoms with Crippen molar-refractivity contribution in [3.63, 3.8) is 0 Å². The van der Waals surface area contributed by atoms with Gasteiger partial charge >= 0.3 is 0 Å². The van der Waals surface area contributed by atoms with E-state index in [1.165, 1.54) is 0 Å². The third-order valence-electron chi connectivity index (χ3n) is 4.09. The molecular formula is C17H25N3O2. The summed E-state index contributed by atoms with van der Waals surface area (Å²) in [6, 6.07) is 9.74. The van der Waals surface area contributed by atoms with Crippen molar-refractivity contribution >= 4 is 17.5 Å². The molecule has 120 valence electrons. The van der Waals surface area contributed by atoms with Gasteiger partial charge in [-0.3, -0.25) is 9.59 Å². The minimum absolute atomic E-state index is 0.0426. The van der Waals surface area contributed by atoms with Crippen molar-refractivity contribution in [1.29, 1.82) is 0 Å². The maximum Gasteiger partial charge on any atom is 0.247 e. The molecule has 0 aromatic heterocycles. The molecule has 22 heavy (non-hydrogen) atoms. The molecule has 0 unspecified atom stereocenters. The SMILES string of the molecule is CNC(=O)C[C@H]1CCN(C(=O)C(C)(C)Nc2ccccc2)C1. The van der Waals surface area contributed by atoms with E-state index < -0.39 is 5.54 Å². The number of hydrogen-bond donors (Lipinski definition) is 2. The summed E-state index contributed by atoms with van der Waals surface area (Å²) in [4.78, 5) is 26.1. The third-order valence-corrected chi connectivity index (χ3v) is 4.09. The average molecular weight is 303 g/mol. The van der Waals surface area contributed by atoms with Crippen LogP contribution >= 0.6 is 0 Å². The average Bonchev–Trinajstić information content (AvgIpc) is 2.95. The van der Waals surface area contributed by atoms with E-state index in [0.717, 1.165) is 18.7 Å². The summed E-state index contributed by atoms with van der Waals surface area (Å²) < 4.78 is 0. The Hall–Kier alpha value is -2.04. The van der Waals surface area contributed by atoms with Gasteiger partial charge in [-0.2, -0.15) is 0 Å². The van der Waals surface area contributed by atoms with Crippen LogP contribution in [-0.4, -0.2) is 42.4 Å². The van der Waals surface area contributed by atoms with Gasteiger partial charge in [-0.05, 0) is 38.3 Å². The smallest absolute Gasteiger partial charge is 0.247 e. The van der Waals surface area contributed by atoms with E-state index in [4.69, 9.17) is 0 Å². The molecule has 0 spiro atoms. The minimum Gasteiger partial charge on any atom is -0.372 e. The van der Waals surface area contributed by atoms with Crippen LogP contribution in [0, 0.1) is 5.92 Å². The summed E-state index contributed by atoms with van der Waals surface area (Å²) in [6.45, 7) is 5.18. The van der Waals surface area contributed by atoms with Gasteiger partial charge in [0.2, 0.25) is 11.8 Å². The molecule has 0 saturated carbocycles. The molecule has 1 aromatic rings. The molecule has 2 amide bonds. The van der Waals surface area contributed by atoms with Crippen LogP contribution in [0.4, 0.5) is 5.69 Å². The van der Waals surface area contributed by atoms with Crippen LogP contribution in [0.3, 0.4) is 0 Å². The van der Waals surface area contributed by atoms with Crippen LogP contribution in [0.15, 0.2) is 30.3 Å². The molecule has 0 aliphatic carbocycles. The Morgan fingerprint density at radius 2 is 1.95 bits per heavy atom.